The summed E-state index contributed by atoms with van der Waals surface area (Å²) in [5, 5.41) is 6.84. The Kier molecular flexibility index (Phi) is 4.93. The first-order valence-electron chi connectivity index (χ1n) is 6.78. The number of nitrogens with zero attached hydrogens (tertiary/aromatic N) is 2. The molecule has 0 saturated heterocycles. The van der Waals surface area contributed by atoms with Crippen molar-refractivity contribution in [2.24, 2.45) is 0 Å². The van der Waals surface area contributed by atoms with Crippen molar-refractivity contribution in [2.45, 2.75) is 59.4 Å². The number of hydrogen-bond donors (Lipinski definition) is 2. The fourth-order valence-corrected chi connectivity index (χ4v) is 1.76. The van der Waals surface area contributed by atoms with Gasteiger partial charge in [-0.3, -0.25) is 0 Å². The van der Waals surface area contributed by atoms with Crippen LogP contribution in [0.1, 0.15) is 59.4 Å². The molecule has 0 aromatic carbocycles. The van der Waals surface area contributed by atoms with Gasteiger partial charge in [0.15, 0.2) is 0 Å². The molecule has 0 aliphatic carbocycles. The highest BCUT2D eigenvalue weighted by atomic mass is 15.1. The lowest BCUT2D eigenvalue weighted by Gasteiger charge is -2.28. The third-order valence-electron chi connectivity index (χ3n) is 3.15. The first kappa shape index (κ1) is 14.7. The van der Waals surface area contributed by atoms with Crippen LogP contribution in [0.2, 0.25) is 0 Å². The molecular weight excluding hydrogens is 224 g/mol. The summed E-state index contributed by atoms with van der Waals surface area (Å²) in [6.45, 7) is 13.8. The molecule has 4 nitrogen and oxygen atoms in total. The fourth-order valence-electron chi connectivity index (χ4n) is 1.76. The zero-order valence-corrected chi connectivity index (χ0v) is 12.5. The van der Waals surface area contributed by atoms with Gasteiger partial charge in [0.1, 0.15) is 18.0 Å². The first-order chi connectivity index (χ1) is 8.41. The summed E-state index contributed by atoms with van der Waals surface area (Å²) in [4.78, 5) is 8.76. The summed E-state index contributed by atoms with van der Waals surface area (Å²) in [6, 6.07) is 0. The van der Waals surface area contributed by atoms with Crippen molar-refractivity contribution in [1.29, 1.82) is 0 Å². The molecule has 0 fully saturated rings. The molecule has 1 aromatic heterocycles. The second-order valence-corrected chi connectivity index (χ2v) is 5.53. The van der Waals surface area contributed by atoms with E-state index in [1.54, 1.807) is 6.33 Å². The van der Waals surface area contributed by atoms with Crippen molar-refractivity contribution in [1.82, 2.24) is 9.97 Å². The van der Waals surface area contributed by atoms with Gasteiger partial charge in [0.05, 0.1) is 0 Å². The molecule has 0 saturated carbocycles. The van der Waals surface area contributed by atoms with Crippen LogP contribution < -0.4 is 10.6 Å². The van der Waals surface area contributed by atoms with Crippen molar-refractivity contribution in [3.05, 3.63) is 11.9 Å². The number of rotatable bonds is 6. The molecule has 1 heterocycles. The highest BCUT2D eigenvalue weighted by Crippen LogP contribution is 2.30. The Balaban J connectivity index is 3.14. The van der Waals surface area contributed by atoms with Gasteiger partial charge < -0.3 is 10.6 Å². The first-order valence-corrected chi connectivity index (χ1v) is 6.78. The predicted octanol–water partition coefficient (Wildman–Crippen LogP) is 3.63. The maximum Gasteiger partial charge on any atom is 0.135 e. The van der Waals surface area contributed by atoms with E-state index >= 15 is 0 Å². The summed E-state index contributed by atoms with van der Waals surface area (Å²) < 4.78 is 0. The molecule has 0 amide bonds. The van der Waals surface area contributed by atoms with Gasteiger partial charge in [-0.2, -0.15) is 0 Å². The quantitative estimate of drug-likeness (QED) is 0.809. The van der Waals surface area contributed by atoms with Crippen molar-refractivity contribution in [3.63, 3.8) is 0 Å². The highest BCUT2D eigenvalue weighted by molar-refractivity contribution is 5.59. The van der Waals surface area contributed by atoms with E-state index in [1.165, 1.54) is 5.56 Å². The Bertz CT molecular complexity index is 385. The molecule has 0 aliphatic heterocycles. The smallest absolute Gasteiger partial charge is 0.135 e. The van der Waals surface area contributed by atoms with Crippen molar-refractivity contribution in [3.8, 4) is 0 Å². The SMILES string of the molecule is CCNc1ncnc(NC(C)(C)CC)c1C(C)C. The van der Waals surface area contributed by atoms with E-state index in [-0.39, 0.29) is 5.54 Å². The standard InChI is InChI=1S/C14H26N4/c1-7-14(5,6)18-13-11(10(3)4)12(15-8-2)16-9-17-13/h9-10H,7-8H2,1-6H3,(H2,15,16,17,18). The zero-order valence-electron chi connectivity index (χ0n) is 12.5. The maximum atomic E-state index is 4.41. The summed E-state index contributed by atoms with van der Waals surface area (Å²) >= 11 is 0. The second-order valence-electron chi connectivity index (χ2n) is 5.53. The molecular formula is C14H26N4. The van der Waals surface area contributed by atoms with Crippen LogP contribution in [0.4, 0.5) is 11.6 Å². The van der Waals surface area contributed by atoms with Crippen LogP contribution in [-0.2, 0) is 0 Å². The monoisotopic (exact) mass is 250 g/mol. The number of anilines is 2. The third-order valence-corrected chi connectivity index (χ3v) is 3.15. The molecule has 18 heavy (non-hydrogen) atoms. The van der Waals surface area contributed by atoms with Crippen molar-refractivity contribution >= 4 is 11.6 Å². The summed E-state index contributed by atoms with van der Waals surface area (Å²) in [5.41, 5.74) is 1.21. The maximum absolute atomic E-state index is 4.41. The fraction of sp³-hybridized carbons (Fsp3) is 0.714. The molecule has 2 N–H and O–H groups in total. The Morgan fingerprint density at radius 1 is 1.17 bits per heavy atom. The van der Waals surface area contributed by atoms with Crippen LogP contribution >= 0.6 is 0 Å². The Morgan fingerprint density at radius 2 is 1.78 bits per heavy atom. The average Bonchev–Trinajstić information content (AvgIpc) is 2.28. The molecule has 0 unspecified atom stereocenters. The molecule has 4 heteroatoms. The van der Waals surface area contributed by atoms with Crippen LogP contribution in [0.25, 0.3) is 0 Å². The van der Waals surface area contributed by atoms with Gasteiger partial charge in [0, 0.05) is 17.6 Å². The van der Waals surface area contributed by atoms with E-state index in [0.717, 1.165) is 24.6 Å². The molecule has 0 atom stereocenters. The number of hydrogen-bond acceptors (Lipinski definition) is 4. The lowest BCUT2D eigenvalue weighted by Crippen LogP contribution is -2.31. The molecule has 0 bridgehead atoms. The molecule has 0 aliphatic rings. The Labute approximate surface area is 111 Å². The molecule has 102 valence electrons. The van der Waals surface area contributed by atoms with Crippen LogP contribution in [-0.4, -0.2) is 22.1 Å². The molecule has 0 radical (unpaired) electrons. The van der Waals surface area contributed by atoms with Gasteiger partial charge in [0.25, 0.3) is 0 Å². The van der Waals surface area contributed by atoms with Crippen molar-refractivity contribution in [2.75, 3.05) is 17.2 Å². The minimum absolute atomic E-state index is 0.0431. The summed E-state index contributed by atoms with van der Waals surface area (Å²) in [6.07, 6.45) is 2.67. The lowest BCUT2D eigenvalue weighted by atomic mass is 9.99. The Morgan fingerprint density at radius 3 is 2.28 bits per heavy atom. The number of nitrogens with one attached hydrogen (secondary N) is 2. The van der Waals surface area contributed by atoms with Gasteiger partial charge in [-0.05, 0) is 33.1 Å². The summed E-state index contributed by atoms with van der Waals surface area (Å²) in [5.74, 6) is 2.27. The normalized spacial score (nSPS) is 11.7. The molecule has 1 rings (SSSR count). The zero-order chi connectivity index (χ0) is 13.8. The minimum atomic E-state index is 0.0431. The average molecular weight is 250 g/mol. The van der Waals surface area contributed by atoms with E-state index in [2.05, 4.69) is 62.1 Å². The van der Waals surface area contributed by atoms with Crippen LogP contribution in [0.15, 0.2) is 6.33 Å². The van der Waals surface area contributed by atoms with E-state index in [4.69, 9.17) is 0 Å². The lowest BCUT2D eigenvalue weighted by molar-refractivity contribution is 0.543. The highest BCUT2D eigenvalue weighted by Gasteiger charge is 2.20. The van der Waals surface area contributed by atoms with Crippen molar-refractivity contribution < 1.29 is 0 Å². The minimum Gasteiger partial charge on any atom is -0.370 e. The largest absolute Gasteiger partial charge is 0.370 e. The van der Waals surface area contributed by atoms with Gasteiger partial charge in [-0.25, -0.2) is 9.97 Å². The van der Waals surface area contributed by atoms with Crippen LogP contribution in [0.3, 0.4) is 0 Å². The van der Waals surface area contributed by atoms with Gasteiger partial charge >= 0.3 is 0 Å². The molecule has 1 aromatic rings. The summed E-state index contributed by atoms with van der Waals surface area (Å²) in [7, 11) is 0. The Hall–Kier alpha value is -1.32. The van der Waals surface area contributed by atoms with Gasteiger partial charge in [0.2, 0.25) is 0 Å². The van der Waals surface area contributed by atoms with Crippen LogP contribution in [0, 0.1) is 0 Å². The van der Waals surface area contributed by atoms with E-state index in [1.807, 2.05) is 0 Å². The molecule has 0 spiro atoms. The third kappa shape index (κ3) is 3.59. The number of aromatic nitrogens is 2. The van der Waals surface area contributed by atoms with Gasteiger partial charge in [-0.15, -0.1) is 0 Å². The van der Waals surface area contributed by atoms with E-state index < -0.39 is 0 Å². The van der Waals surface area contributed by atoms with Gasteiger partial charge in [-0.1, -0.05) is 20.8 Å². The predicted molar refractivity (Wildman–Crippen MR) is 78.3 cm³/mol. The topological polar surface area (TPSA) is 49.8 Å². The van der Waals surface area contributed by atoms with Crippen LogP contribution in [0.5, 0.6) is 0 Å². The van der Waals surface area contributed by atoms with E-state index in [9.17, 15) is 0 Å². The second kappa shape index (κ2) is 6.03. The van der Waals surface area contributed by atoms with E-state index in [0.29, 0.717) is 5.92 Å².